The van der Waals surface area contributed by atoms with E-state index in [1.807, 2.05) is 109 Å². The minimum atomic E-state index is -0.907. The van der Waals surface area contributed by atoms with Gasteiger partial charge in [-0.25, -0.2) is 9.48 Å². The summed E-state index contributed by atoms with van der Waals surface area (Å²) in [6.07, 6.45) is 1.55. The van der Waals surface area contributed by atoms with Crippen molar-refractivity contribution in [1.29, 1.82) is 0 Å². The molecule has 0 spiro atoms. The number of benzene rings is 6. The topological polar surface area (TPSA) is 106 Å². The van der Waals surface area contributed by atoms with Gasteiger partial charge in [-0.05, 0) is 56.3 Å². The maximum atomic E-state index is 14.0. The van der Waals surface area contributed by atoms with Crippen molar-refractivity contribution >= 4 is 10.9 Å². The molecule has 10 nitrogen and oxygen atoms in total. The van der Waals surface area contributed by atoms with Gasteiger partial charge in [-0.1, -0.05) is 153 Å². The first kappa shape index (κ1) is 36.9. The molecule has 0 saturated heterocycles. The van der Waals surface area contributed by atoms with E-state index in [-0.39, 0.29) is 17.8 Å². The Morgan fingerprint density at radius 3 is 1.74 bits per heavy atom. The monoisotopic (exact) mass is 754 g/mol. The van der Waals surface area contributed by atoms with Gasteiger partial charge in [0.25, 0.3) is 5.56 Å². The second kappa shape index (κ2) is 16.0. The molecule has 0 aliphatic heterocycles. The van der Waals surface area contributed by atoms with E-state index in [9.17, 15) is 9.59 Å². The fourth-order valence-corrected chi connectivity index (χ4v) is 7.80. The molecule has 0 radical (unpaired) electrons. The number of aromatic nitrogens is 6. The van der Waals surface area contributed by atoms with E-state index in [0.29, 0.717) is 41.2 Å². The highest BCUT2D eigenvalue weighted by atomic mass is 16.5. The number of hydrogen-bond acceptors (Lipinski definition) is 7. The van der Waals surface area contributed by atoms with Crippen LogP contribution in [0.1, 0.15) is 42.0 Å². The second-order valence-electron chi connectivity index (χ2n) is 13.9. The summed E-state index contributed by atoms with van der Waals surface area (Å²) in [6, 6.07) is 50.6. The van der Waals surface area contributed by atoms with Crippen LogP contribution in [0.25, 0.3) is 33.4 Å². The summed E-state index contributed by atoms with van der Waals surface area (Å²) in [7, 11) is 3.07. The van der Waals surface area contributed by atoms with E-state index in [0.717, 1.165) is 45.4 Å². The quantitative estimate of drug-likeness (QED) is 0.109. The fraction of sp³-hybridized carbons (Fsp3) is 0.170. The van der Waals surface area contributed by atoms with Crippen molar-refractivity contribution in [3.63, 3.8) is 0 Å². The third-order valence-electron chi connectivity index (χ3n) is 10.6. The van der Waals surface area contributed by atoms with Gasteiger partial charge in [0.1, 0.15) is 5.54 Å². The smallest absolute Gasteiger partial charge is 0.331 e. The Kier molecular flexibility index (Phi) is 10.3. The lowest BCUT2D eigenvalue weighted by Gasteiger charge is -2.36. The molecule has 0 amide bonds. The van der Waals surface area contributed by atoms with Gasteiger partial charge in [0.15, 0.2) is 17.3 Å². The zero-order chi connectivity index (χ0) is 39.4. The molecule has 6 aromatic carbocycles. The first-order valence-electron chi connectivity index (χ1n) is 19.0. The molecular weight excluding hydrogens is 713 g/mol. The van der Waals surface area contributed by atoms with Crippen LogP contribution in [-0.4, -0.2) is 43.6 Å². The summed E-state index contributed by atoms with van der Waals surface area (Å²) in [4.78, 5) is 27.6. The van der Waals surface area contributed by atoms with Crippen molar-refractivity contribution in [2.45, 2.75) is 38.4 Å². The minimum Gasteiger partial charge on any atom is -0.493 e. The Hall–Kier alpha value is -7.07. The molecule has 2 heterocycles. The van der Waals surface area contributed by atoms with Gasteiger partial charge in [-0.2, -0.15) is 0 Å². The number of hydrogen-bond donors (Lipinski definition) is 0. The average molecular weight is 755 g/mol. The van der Waals surface area contributed by atoms with Crippen LogP contribution in [0.2, 0.25) is 0 Å². The molecule has 2 aromatic heterocycles. The Morgan fingerprint density at radius 1 is 0.632 bits per heavy atom. The normalized spacial score (nSPS) is 11.5. The Balaban J connectivity index is 1.24. The molecule has 284 valence electrons. The van der Waals surface area contributed by atoms with Gasteiger partial charge >= 0.3 is 5.69 Å². The highest BCUT2D eigenvalue weighted by Gasteiger charge is 2.42. The standard InChI is InChI=1S/C47H42N6O4/c1-4-5-29-51-45(54)40-30-42(56-2)43(57-3)31-41(40)52(46(51)55)32-33-25-27-34(28-26-33)38-23-15-16-24-39(38)44-48-49-50-53(44)47(35-17-9-6-10-18-35,36-19-11-7-12-20-36)37-21-13-8-14-22-37/h6-28,30-31H,4-5,29,32H2,1-3H3. The van der Waals surface area contributed by atoms with E-state index in [1.54, 1.807) is 16.7 Å². The molecule has 57 heavy (non-hydrogen) atoms. The Labute approximate surface area is 330 Å². The highest BCUT2D eigenvalue weighted by Crippen LogP contribution is 2.43. The third kappa shape index (κ3) is 6.58. The number of tetrazole rings is 1. The van der Waals surface area contributed by atoms with Crippen LogP contribution < -0.4 is 20.7 Å². The lowest BCUT2D eigenvalue weighted by atomic mass is 9.77. The van der Waals surface area contributed by atoms with Gasteiger partial charge in [0, 0.05) is 18.2 Å². The first-order chi connectivity index (χ1) is 28.0. The van der Waals surface area contributed by atoms with Crippen molar-refractivity contribution in [3.05, 3.63) is 195 Å². The van der Waals surface area contributed by atoms with Crippen LogP contribution >= 0.6 is 0 Å². The van der Waals surface area contributed by atoms with Crippen molar-refractivity contribution in [2.24, 2.45) is 0 Å². The Morgan fingerprint density at radius 2 is 1.18 bits per heavy atom. The average Bonchev–Trinajstić information content (AvgIpc) is 3.76. The molecule has 0 saturated carbocycles. The first-order valence-corrected chi connectivity index (χ1v) is 19.0. The van der Waals surface area contributed by atoms with Crippen molar-refractivity contribution < 1.29 is 9.47 Å². The molecule has 0 atom stereocenters. The zero-order valence-corrected chi connectivity index (χ0v) is 32.1. The van der Waals surface area contributed by atoms with Gasteiger partial charge < -0.3 is 9.47 Å². The van der Waals surface area contributed by atoms with Crippen LogP contribution in [0.15, 0.2) is 161 Å². The number of nitrogens with zero attached hydrogens (tertiary/aromatic N) is 6. The summed E-state index contributed by atoms with van der Waals surface area (Å²) < 4.78 is 16.0. The van der Waals surface area contributed by atoms with Crippen molar-refractivity contribution in [3.8, 4) is 34.0 Å². The van der Waals surface area contributed by atoms with Crippen LogP contribution in [-0.2, 0) is 18.6 Å². The van der Waals surface area contributed by atoms with Crippen molar-refractivity contribution in [2.75, 3.05) is 14.2 Å². The summed E-state index contributed by atoms with van der Waals surface area (Å²) in [5.41, 5.74) is 5.53. The molecule has 8 rings (SSSR count). The van der Waals surface area contributed by atoms with Gasteiger partial charge in [-0.3, -0.25) is 13.9 Å². The molecule has 0 aliphatic carbocycles. The predicted molar refractivity (Wildman–Crippen MR) is 223 cm³/mol. The summed E-state index contributed by atoms with van der Waals surface area (Å²) in [5.74, 6) is 1.47. The summed E-state index contributed by atoms with van der Waals surface area (Å²) in [6.45, 7) is 2.60. The van der Waals surface area contributed by atoms with Gasteiger partial charge in [0.05, 0.1) is 31.7 Å². The highest BCUT2D eigenvalue weighted by molar-refractivity contribution is 5.83. The number of rotatable bonds is 13. The third-order valence-corrected chi connectivity index (χ3v) is 10.6. The largest absolute Gasteiger partial charge is 0.493 e. The predicted octanol–water partition coefficient (Wildman–Crippen LogP) is 8.19. The maximum absolute atomic E-state index is 14.0. The molecule has 0 N–H and O–H groups in total. The zero-order valence-electron chi connectivity index (χ0n) is 32.1. The number of methoxy groups -OCH3 is 2. The van der Waals surface area contributed by atoms with E-state index >= 15 is 0 Å². The SMILES string of the molecule is CCCCn1c(=O)c2cc(OC)c(OC)cc2n(Cc2ccc(-c3ccccc3-c3nnnn3C(c3ccccc3)(c3ccccc3)c3ccccc3)cc2)c1=O. The maximum Gasteiger partial charge on any atom is 0.331 e. The van der Waals surface area contributed by atoms with Crippen LogP contribution in [0.3, 0.4) is 0 Å². The van der Waals surface area contributed by atoms with E-state index < -0.39 is 5.54 Å². The molecule has 10 heteroatoms. The van der Waals surface area contributed by atoms with Crippen LogP contribution in [0, 0.1) is 0 Å². The van der Waals surface area contributed by atoms with Gasteiger partial charge in [0.2, 0.25) is 0 Å². The molecule has 0 fully saturated rings. The molecule has 0 unspecified atom stereocenters. The second-order valence-corrected chi connectivity index (χ2v) is 13.9. The summed E-state index contributed by atoms with van der Waals surface area (Å²) in [5, 5.41) is 14.2. The van der Waals surface area contributed by atoms with Crippen LogP contribution in [0.4, 0.5) is 0 Å². The van der Waals surface area contributed by atoms with E-state index in [2.05, 4.69) is 47.7 Å². The molecular formula is C47H42N6O4. The fourth-order valence-electron chi connectivity index (χ4n) is 7.80. The molecule has 0 aliphatic rings. The Bertz CT molecular complexity index is 2660. The molecule has 0 bridgehead atoms. The van der Waals surface area contributed by atoms with Gasteiger partial charge in [-0.15, -0.1) is 5.10 Å². The lowest BCUT2D eigenvalue weighted by Crippen LogP contribution is -2.40. The minimum absolute atomic E-state index is 0.241. The van der Waals surface area contributed by atoms with E-state index in [1.165, 1.54) is 18.8 Å². The van der Waals surface area contributed by atoms with Crippen molar-refractivity contribution in [1.82, 2.24) is 29.3 Å². The van der Waals surface area contributed by atoms with E-state index in [4.69, 9.17) is 19.8 Å². The number of unbranched alkanes of at least 4 members (excludes halogenated alkanes) is 1. The molecule has 8 aromatic rings. The summed E-state index contributed by atoms with van der Waals surface area (Å²) >= 11 is 0. The number of ether oxygens (including phenoxy) is 2. The lowest BCUT2D eigenvalue weighted by molar-refractivity contribution is 0.355. The van der Waals surface area contributed by atoms with Crippen LogP contribution in [0.5, 0.6) is 11.5 Å². The number of fused-ring (bicyclic) bond motifs is 1.